The zero-order valence-corrected chi connectivity index (χ0v) is 8.34. The number of rotatable bonds is 6. The molecular formula is C10H19N3. The van der Waals surface area contributed by atoms with E-state index >= 15 is 0 Å². The van der Waals surface area contributed by atoms with Gasteiger partial charge in [-0.1, -0.05) is 12.8 Å². The van der Waals surface area contributed by atoms with E-state index in [4.69, 9.17) is 5.73 Å². The van der Waals surface area contributed by atoms with Crippen molar-refractivity contribution >= 4 is 0 Å². The average molecular weight is 181 g/mol. The second kappa shape index (κ2) is 5.75. The van der Waals surface area contributed by atoms with E-state index in [1.54, 1.807) is 0 Å². The van der Waals surface area contributed by atoms with E-state index in [1.807, 2.05) is 13.1 Å². The van der Waals surface area contributed by atoms with Gasteiger partial charge in [-0.25, -0.2) is 4.98 Å². The summed E-state index contributed by atoms with van der Waals surface area (Å²) < 4.78 is 0. The summed E-state index contributed by atoms with van der Waals surface area (Å²) in [4.78, 5) is 7.48. The van der Waals surface area contributed by atoms with Gasteiger partial charge >= 0.3 is 0 Å². The molecule has 1 aromatic heterocycles. The predicted molar refractivity (Wildman–Crippen MR) is 54.6 cm³/mol. The Labute approximate surface area is 79.8 Å². The number of nitrogens with two attached hydrogens (primary N) is 1. The molecule has 0 unspecified atom stereocenters. The molecule has 1 rings (SSSR count). The van der Waals surface area contributed by atoms with Crippen LogP contribution in [0.1, 0.15) is 37.2 Å². The maximum absolute atomic E-state index is 5.41. The van der Waals surface area contributed by atoms with Gasteiger partial charge in [0.1, 0.15) is 5.82 Å². The van der Waals surface area contributed by atoms with Crippen LogP contribution in [0, 0.1) is 6.92 Å². The van der Waals surface area contributed by atoms with Crippen LogP contribution in [0.2, 0.25) is 0 Å². The van der Waals surface area contributed by atoms with Gasteiger partial charge < -0.3 is 10.7 Å². The Morgan fingerprint density at radius 1 is 1.31 bits per heavy atom. The molecule has 0 saturated carbocycles. The van der Waals surface area contributed by atoms with E-state index in [-0.39, 0.29) is 0 Å². The molecule has 0 aromatic carbocycles. The van der Waals surface area contributed by atoms with Gasteiger partial charge in [-0.3, -0.25) is 0 Å². The molecule has 0 spiro atoms. The Bertz CT molecular complexity index is 230. The van der Waals surface area contributed by atoms with Gasteiger partial charge in [-0.15, -0.1) is 0 Å². The molecule has 0 aliphatic carbocycles. The Kier molecular flexibility index (Phi) is 4.54. The minimum atomic E-state index is 0.819. The lowest BCUT2D eigenvalue weighted by Gasteiger charge is -1.97. The summed E-state index contributed by atoms with van der Waals surface area (Å²) in [5.41, 5.74) is 6.56. The quantitative estimate of drug-likeness (QED) is 0.657. The first-order valence-corrected chi connectivity index (χ1v) is 5.03. The first kappa shape index (κ1) is 10.3. The molecular weight excluding hydrogens is 162 g/mol. The molecule has 0 aliphatic rings. The number of imidazole rings is 1. The number of unbranched alkanes of at least 4 members (excludes halogenated alkanes) is 3. The zero-order valence-electron chi connectivity index (χ0n) is 8.34. The molecule has 0 fully saturated rings. The van der Waals surface area contributed by atoms with E-state index in [0.717, 1.165) is 30.9 Å². The average Bonchev–Trinajstić information content (AvgIpc) is 2.51. The number of hydrogen-bond acceptors (Lipinski definition) is 2. The van der Waals surface area contributed by atoms with E-state index in [2.05, 4.69) is 9.97 Å². The highest BCUT2D eigenvalue weighted by Gasteiger charge is 1.96. The van der Waals surface area contributed by atoms with Crippen molar-refractivity contribution in [3.63, 3.8) is 0 Å². The van der Waals surface area contributed by atoms with Crippen LogP contribution in [0.15, 0.2) is 6.20 Å². The predicted octanol–water partition coefficient (Wildman–Crippen LogP) is 1.78. The van der Waals surface area contributed by atoms with Gasteiger partial charge in [0.25, 0.3) is 0 Å². The molecule has 13 heavy (non-hydrogen) atoms. The van der Waals surface area contributed by atoms with Gasteiger partial charge in [0.15, 0.2) is 0 Å². The molecule has 0 amide bonds. The second-order valence-electron chi connectivity index (χ2n) is 3.47. The normalized spacial score (nSPS) is 10.6. The third-order valence-electron chi connectivity index (χ3n) is 2.12. The van der Waals surface area contributed by atoms with E-state index in [9.17, 15) is 0 Å². The van der Waals surface area contributed by atoms with Crippen LogP contribution < -0.4 is 5.73 Å². The third-order valence-corrected chi connectivity index (χ3v) is 2.12. The summed E-state index contributed by atoms with van der Waals surface area (Å²) in [6, 6.07) is 0. The highest BCUT2D eigenvalue weighted by molar-refractivity contribution is 4.98. The summed E-state index contributed by atoms with van der Waals surface area (Å²) >= 11 is 0. The summed E-state index contributed by atoms with van der Waals surface area (Å²) in [7, 11) is 0. The standard InChI is InChI=1S/C10H19N3/c1-9-8-12-10(13-9)6-4-2-3-5-7-11/h8H,2-7,11H2,1H3,(H,12,13). The molecule has 3 N–H and O–H groups in total. The van der Waals surface area contributed by atoms with Gasteiger partial charge in [0.05, 0.1) is 0 Å². The highest BCUT2D eigenvalue weighted by Crippen LogP contribution is 2.04. The topological polar surface area (TPSA) is 54.7 Å². The molecule has 1 heterocycles. The molecule has 0 radical (unpaired) electrons. The Hall–Kier alpha value is -0.830. The molecule has 3 nitrogen and oxygen atoms in total. The van der Waals surface area contributed by atoms with Crippen LogP contribution in [0.4, 0.5) is 0 Å². The van der Waals surface area contributed by atoms with E-state index < -0.39 is 0 Å². The van der Waals surface area contributed by atoms with Crippen LogP contribution in [0.3, 0.4) is 0 Å². The lowest BCUT2D eigenvalue weighted by molar-refractivity contribution is 0.637. The molecule has 3 heteroatoms. The fraction of sp³-hybridized carbons (Fsp3) is 0.700. The van der Waals surface area contributed by atoms with E-state index in [0.29, 0.717) is 0 Å². The lowest BCUT2D eigenvalue weighted by Crippen LogP contribution is -1.98. The number of aromatic nitrogens is 2. The maximum Gasteiger partial charge on any atom is 0.106 e. The van der Waals surface area contributed by atoms with Crippen molar-refractivity contribution in [2.45, 2.75) is 39.0 Å². The van der Waals surface area contributed by atoms with Crippen molar-refractivity contribution in [3.05, 3.63) is 17.7 Å². The zero-order chi connectivity index (χ0) is 9.52. The number of H-pyrrole nitrogens is 1. The fourth-order valence-corrected chi connectivity index (χ4v) is 1.38. The first-order chi connectivity index (χ1) is 6.33. The smallest absolute Gasteiger partial charge is 0.106 e. The molecule has 0 aliphatic heterocycles. The van der Waals surface area contributed by atoms with Crippen molar-refractivity contribution in [3.8, 4) is 0 Å². The molecule has 0 bridgehead atoms. The number of hydrogen-bond donors (Lipinski definition) is 2. The number of aryl methyl sites for hydroxylation is 2. The molecule has 0 atom stereocenters. The van der Waals surface area contributed by atoms with Gasteiger partial charge in [-0.2, -0.15) is 0 Å². The minimum Gasteiger partial charge on any atom is -0.346 e. The van der Waals surface area contributed by atoms with E-state index in [1.165, 1.54) is 19.3 Å². The van der Waals surface area contributed by atoms with Crippen LogP contribution in [-0.4, -0.2) is 16.5 Å². The van der Waals surface area contributed by atoms with Crippen molar-refractivity contribution in [1.29, 1.82) is 0 Å². The van der Waals surface area contributed by atoms with Gasteiger partial charge in [0.2, 0.25) is 0 Å². The lowest BCUT2D eigenvalue weighted by atomic mass is 10.1. The van der Waals surface area contributed by atoms with Gasteiger partial charge in [-0.05, 0) is 26.3 Å². The van der Waals surface area contributed by atoms with Crippen LogP contribution in [0.5, 0.6) is 0 Å². The number of nitrogens with zero attached hydrogens (tertiary/aromatic N) is 1. The molecule has 1 aromatic rings. The van der Waals surface area contributed by atoms with Gasteiger partial charge in [0, 0.05) is 18.3 Å². The monoisotopic (exact) mass is 181 g/mol. The Balaban J connectivity index is 2.06. The van der Waals surface area contributed by atoms with Crippen LogP contribution >= 0.6 is 0 Å². The SMILES string of the molecule is Cc1cnc(CCCCCCN)[nH]1. The molecule has 74 valence electrons. The maximum atomic E-state index is 5.41. The minimum absolute atomic E-state index is 0.819. The number of nitrogens with one attached hydrogen (secondary N) is 1. The largest absolute Gasteiger partial charge is 0.346 e. The first-order valence-electron chi connectivity index (χ1n) is 5.03. The molecule has 0 saturated heterocycles. The van der Waals surface area contributed by atoms with Crippen molar-refractivity contribution in [2.24, 2.45) is 5.73 Å². The summed E-state index contributed by atoms with van der Waals surface area (Å²) in [5, 5.41) is 0. The highest BCUT2D eigenvalue weighted by atomic mass is 14.9. The summed E-state index contributed by atoms with van der Waals surface area (Å²) in [5.74, 6) is 1.12. The summed E-state index contributed by atoms with van der Waals surface area (Å²) in [6.45, 7) is 2.85. The Morgan fingerprint density at radius 2 is 2.08 bits per heavy atom. The van der Waals surface area contributed by atoms with Crippen molar-refractivity contribution in [1.82, 2.24) is 9.97 Å². The van der Waals surface area contributed by atoms with Crippen molar-refractivity contribution in [2.75, 3.05) is 6.54 Å². The fourth-order valence-electron chi connectivity index (χ4n) is 1.38. The van der Waals surface area contributed by atoms with Crippen molar-refractivity contribution < 1.29 is 0 Å². The Morgan fingerprint density at radius 3 is 2.69 bits per heavy atom. The van der Waals surface area contributed by atoms with Crippen LogP contribution in [-0.2, 0) is 6.42 Å². The second-order valence-corrected chi connectivity index (χ2v) is 3.47. The summed E-state index contributed by atoms with van der Waals surface area (Å²) in [6.07, 6.45) is 7.82. The van der Waals surface area contributed by atoms with Crippen LogP contribution in [0.25, 0.3) is 0 Å². The number of aromatic amines is 1. The third kappa shape index (κ3) is 4.08.